The number of benzene rings is 1. The van der Waals surface area contributed by atoms with Crippen LogP contribution in [0.1, 0.15) is 41.4 Å². The van der Waals surface area contributed by atoms with Crippen LogP contribution in [-0.4, -0.2) is 35.1 Å². The maximum absolute atomic E-state index is 9.04. The van der Waals surface area contributed by atoms with Crippen molar-refractivity contribution in [2.24, 2.45) is 0 Å². The van der Waals surface area contributed by atoms with Crippen molar-refractivity contribution in [1.82, 2.24) is 14.9 Å². The van der Waals surface area contributed by atoms with Crippen LogP contribution in [0.15, 0.2) is 36.5 Å². The lowest BCUT2D eigenvalue weighted by Gasteiger charge is -2.32. The fourth-order valence-electron chi connectivity index (χ4n) is 3.28. The molecule has 1 atom stereocenters. The standard InChI is InChI=1S/C19H22N4O/c1-24-14-19-21-8-7-18(22-19)17-6-3-9-23(13-17)12-16-5-2-4-15(10-16)11-20/h2,4-5,7-8,10,17H,3,6,9,12-14H2,1H3/t17-/m1/s1. The van der Waals surface area contributed by atoms with Crippen molar-refractivity contribution >= 4 is 0 Å². The molecule has 2 aromatic rings. The van der Waals surface area contributed by atoms with Gasteiger partial charge >= 0.3 is 0 Å². The van der Waals surface area contributed by atoms with Crippen LogP contribution < -0.4 is 0 Å². The van der Waals surface area contributed by atoms with E-state index in [1.807, 2.05) is 30.5 Å². The molecule has 1 saturated heterocycles. The highest BCUT2D eigenvalue weighted by Crippen LogP contribution is 2.26. The number of nitriles is 1. The van der Waals surface area contributed by atoms with Crippen LogP contribution in [0.4, 0.5) is 0 Å². The minimum atomic E-state index is 0.427. The van der Waals surface area contributed by atoms with Crippen LogP contribution in [-0.2, 0) is 17.9 Å². The second kappa shape index (κ2) is 8.00. The number of aromatic nitrogens is 2. The van der Waals surface area contributed by atoms with Crippen molar-refractivity contribution in [3.63, 3.8) is 0 Å². The summed E-state index contributed by atoms with van der Waals surface area (Å²) in [4.78, 5) is 11.3. The smallest absolute Gasteiger partial charge is 0.154 e. The minimum absolute atomic E-state index is 0.427. The second-order valence-corrected chi connectivity index (χ2v) is 6.22. The van der Waals surface area contributed by atoms with E-state index in [1.54, 1.807) is 7.11 Å². The predicted octanol–water partition coefficient (Wildman–Crippen LogP) is 2.87. The molecule has 0 bridgehead atoms. The number of nitrogens with zero attached hydrogens (tertiary/aromatic N) is 4. The highest BCUT2D eigenvalue weighted by atomic mass is 16.5. The van der Waals surface area contributed by atoms with Gasteiger partial charge in [0.25, 0.3) is 0 Å². The van der Waals surface area contributed by atoms with E-state index in [-0.39, 0.29) is 0 Å². The summed E-state index contributed by atoms with van der Waals surface area (Å²) < 4.78 is 5.13. The number of likely N-dealkylation sites (tertiary alicyclic amines) is 1. The summed E-state index contributed by atoms with van der Waals surface area (Å²) in [6.07, 6.45) is 4.14. The fraction of sp³-hybridized carbons (Fsp3) is 0.421. The molecule has 124 valence electrons. The van der Waals surface area contributed by atoms with E-state index in [1.165, 1.54) is 5.56 Å². The van der Waals surface area contributed by atoms with E-state index in [4.69, 9.17) is 10.00 Å². The van der Waals surface area contributed by atoms with Crippen molar-refractivity contribution in [3.05, 3.63) is 59.2 Å². The molecule has 0 saturated carbocycles. The summed E-state index contributed by atoms with van der Waals surface area (Å²) >= 11 is 0. The maximum Gasteiger partial charge on any atom is 0.154 e. The maximum atomic E-state index is 9.04. The minimum Gasteiger partial charge on any atom is -0.377 e. The Morgan fingerprint density at radius 2 is 2.29 bits per heavy atom. The van der Waals surface area contributed by atoms with Gasteiger partial charge in [-0.1, -0.05) is 12.1 Å². The van der Waals surface area contributed by atoms with E-state index in [0.717, 1.165) is 49.6 Å². The summed E-state index contributed by atoms with van der Waals surface area (Å²) in [5.41, 5.74) is 3.02. The monoisotopic (exact) mass is 322 g/mol. The number of hydrogen-bond acceptors (Lipinski definition) is 5. The largest absolute Gasteiger partial charge is 0.377 e. The van der Waals surface area contributed by atoms with Gasteiger partial charge in [-0.3, -0.25) is 4.90 Å². The number of piperidine rings is 1. The van der Waals surface area contributed by atoms with Crippen LogP contribution in [0.3, 0.4) is 0 Å². The molecule has 1 aromatic heterocycles. The molecule has 1 aromatic carbocycles. The molecule has 1 aliphatic heterocycles. The quantitative estimate of drug-likeness (QED) is 0.847. The average Bonchev–Trinajstić information content (AvgIpc) is 2.63. The Labute approximate surface area is 142 Å². The van der Waals surface area contributed by atoms with Crippen LogP contribution in [0.25, 0.3) is 0 Å². The lowest BCUT2D eigenvalue weighted by atomic mass is 9.94. The van der Waals surface area contributed by atoms with Gasteiger partial charge in [0, 0.05) is 38.0 Å². The van der Waals surface area contributed by atoms with Crippen LogP contribution in [0.5, 0.6) is 0 Å². The molecule has 0 spiro atoms. The average molecular weight is 322 g/mol. The summed E-state index contributed by atoms with van der Waals surface area (Å²) in [5, 5.41) is 9.04. The Bertz CT molecular complexity index is 725. The molecule has 0 N–H and O–H groups in total. The molecular weight excluding hydrogens is 300 g/mol. The fourth-order valence-corrected chi connectivity index (χ4v) is 3.28. The van der Waals surface area contributed by atoms with E-state index < -0.39 is 0 Å². The Hall–Kier alpha value is -2.29. The summed E-state index contributed by atoms with van der Waals surface area (Å²) in [5.74, 6) is 1.17. The molecular formula is C19H22N4O. The van der Waals surface area contributed by atoms with Crippen LogP contribution >= 0.6 is 0 Å². The molecule has 0 radical (unpaired) electrons. The Balaban J connectivity index is 1.68. The SMILES string of the molecule is COCc1nccc([C@@H]2CCCN(Cc3cccc(C#N)c3)C2)n1. The number of methoxy groups -OCH3 is 1. The van der Waals surface area contributed by atoms with Crippen molar-refractivity contribution in [3.8, 4) is 6.07 Å². The highest BCUT2D eigenvalue weighted by molar-refractivity contribution is 5.32. The van der Waals surface area contributed by atoms with Gasteiger partial charge < -0.3 is 4.74 Å². The molecule has 5 heteroatoms. The number of ether oxygens (including phenoxy) is 1. The van der Waals surface area contributed by atoms with Gasteiger partial charge in [-0.2, -0.15) is 5.26 Å². The van der Waals surface area contributed by atoms with Gasteiger partial charge in [-0.15, -0.1) is 0 Å². The molecule has 1 fully saturated rings. The normalized spacial score (nSPS) is 18.2. The lowest BCUT2D eigenvalue weighted by Crippen LogP contribution is -2.34. The molecule has 3 rings (SSSR count). The summed E-state index contributed by atoms with van der Waals surface area (Å²) in [6.45, 7) is 3.40. The van der Waals surface area contributed by atoms with Crippen molar-refractivity contribution in [1.29, 1.82) is 5.26 Å². The van der Waals surface area contributed by atoms with Gasteiger partial charge in [0.1, 0.15) is 6.61 Å². The van der Waals surface area contributed by atoms with Gasteiger partial charge in [0.15, 0.2) is 5.82 Å². The predicted molar refractivity (Wildman–Crippen MR) is 91.2 cm³/mol. The topological polar surface area (TPSA) is 62.0 Å². The van der Waals surface area contributed by atoms with Gasteiger partial charge in [0.2, 0.25) is 0 Å². The molecule has 0 amide bonds. The zero-order valence-corrected chi connectivity index (χ0v) is 14.0. The summed E-state index contributed by atoms with van der Waals surface area (Å²) in [7, 11) is 1.66. The van der Waals surface area contributed by atoms with Crippen molar-refractivity contribution < 1.29 is 4.74 Å². The van der Waals surface area contributed by atoms with Crippen molar-refractivity contribution in [2.75, 3.05) is 20.2 Å². The highest BCUT2D eigenvalue weighted by Gasteiger charge is 2.22. The first kappa shape index (κ1) is 16.6. The molecule has 0 aliphatic carbocycles. The zero-order valence-electron chi connectivity index (χ0n) is 14.0. The van der Waals surface area contributed by atoms with Gasteiger partial charge in [0.05, 0.1) is 11.6 Å². The molecule has 0 unspecified atom stereocenters. The van der Waals surface area contributed by atoms with E-state index in [9.17, 15) is 0 Å². The molecule has 2 heterocycles. The molecule has 1 aliphatic rings. The number of hydrogen-bond donors (Lipinski definition) is 0. The van der Waals surface area contributed by atoms with E-state index >= 15 is 0 Å². The first-order chi connectivity index (χ1) is 11.8. The molecule has 5 nitrogen and oxygen atoms in total. The Morgan fingerprint density at radius 1 is 1.38 bits per heavy atom. The van der Waals surface area contributed by atoms with Crippen LogP contribution in [0.2, 0.25) is 0 Å². The third kappa shape index (κ3) is 4.16. The van der Waals surface area contributed by atoms with Gasteiger partial charge in [-0.05, 0) is 43.1 Å². The van der Waals surface area contributed by atoms with Crippen LogP contribution in [0, 0.1) is 11.3 Å². The number of rotatable bonds is 5. The first-order valence-electron chi connectivity index (χ1n) is 8.30. The van der Waals surface area contributed by atoms with Crippen molar-refractivity contribution in [2.45, 2.75) is 31.9 Å². The Morgan fingerprint density at radius 3 is 3.12 bits per heavy atom. The van der Waals surface area contributed by atoms with E-state index in [0.29, 0.717) is 12.5 Å². The second-order valence-electron chi connectivity index (χ2n) is 6.22. The lowest BCUT2D eigenvalue weighted by molar-refractivity contribution is 0.176. The zero-order chi connectivity index (χ0) is 16.8. The third-order valence-corrected chi connectivity index (χ3v) is 4.39. The molecule has 24 heavy (non-hydrogen) atoms. The van der Waals surface area contributed by atoms with Gasteiger partial charge in [-0.25, -0.2) is 9.97 Å². The van der Waals surface area contributed by atoms with E-state index in [2.05, 4.69) is 27.0 Å². The Kier molecular flexibility index (Phi) is 5.52. The summed E-state index contributed by atoms with van der Waals surface area (Å²) in [6, 6.07) is 12.1. The first-order valence-corrected chi connectivity index (χ1v) is 8.30. The third-order valence-electron chi connectivity index (χ3n) is 4.39.